The van der Waals surface area contributed by atoms with E-state index >= 15 is 0 Å². The number of amides is 1. The van der Waals surface area contributed by atoms with Gasteiger partial charge in [-0.2, -0.15) is 0 Å². The van der Waals surface area contributed by atoms with Crippen LogP contribution in [0.3, 0.4) is 0 Å². The third kappa shape index (κ3) is 3.84. The van der Waals surface area contributed by atoms with E-state index in [-0.39, 0.29) is 5.91 Å². The molecule has 5 heteroatoms. The molecule has 0 aliphatic rings. The van der Waals surface area contributed by atoms with Crippen LogP contribution in [0.15, 0.2) is 12.5 Å². The van der Waals surface area contributed by atoms with Gasteiger partial charge in [-0.25, -0.2) is 4.98 Å². The second-order valence-corrected chi connectivity index (χ2v) is 5.51. The Morgan fingerprint density at radius 1 is 1.50 bits per heavy atom. The summed E-state index contributed by atoms with van der Waals surface area (Å²) in [5.41, 5.74) is 0.655. The number of rotatable bonds is 6. The molecule has 0 saturated carbocycles. The molecular weight excluding hydrogens is 228 g/mol. The molecule has 1 rings (SSSR count). The van der Waals surface area contributed by atoms with Gasteiger partial charge in [-0.1, -0.05) is 13.8 Å². The Hall–Kier alpha value is -1.36. The maximum atomic E-state index is 11.8. The summed E-state index contributed by atoms with van der Waals surface area (Å²) in [4.78, 5) is 15.9. The van der Waals surface area contributed by atoms with Crippen LogP contribution in [0.1, 0.15) is 33.4 Å². The molecule has 1 aromatic rings. The van der Waals surface area contributed by atoms with Crippen molar-refractivity contribution in [2.75, 3.05) is 7.05 Å². The van der Waals surface area contributed by atoms with Crippen LogP contribution in [0.2, 0.25) is 0 Å². The summed E-state index contributed by atoms with van der Waals surface area (Å²) in [6.07, 6.45) is 3.62. The van der Waals surface area contributed by atoms with Crippen molar-refractivity contribution in [3.8, 4) is 0 Å². The van der Waals surface area contributed by atoms with Crippen molar-refractivity contribution in [3.05, 3.63) is 18.2 Å². The first-order valence-corrected chi connectivity index (χ1v) is 6.31. The lowest BCUT2D eigenvalue weighted by Crippen LogP contribution is -2.38. The molecule has 18 heavy (non-hydrogen) atoms. The average Bonchev–Trinajstić information content (AvgIpc) is 2.71. The summed E-state index contributed by atoms with van der Waals surface area (Å²) >= 11 is 0. The highest BCUT2D eigenvalue weighted by molar-refractivity contribution is 5.81. The van der Waals surface area contributed by atoms with E-state index in [1.54, 1.807) is 13.4 Å². The SMILES string of the molecule is CNC(=O)C(C)(C)Cn1cncc1CNC(C)C. The first-order valence-electron chi connectivity index (χ1n) is 6.31. The maximum Gasteiger partial charge on any atom is 0.227 e. The predicted molar refractivity (Wildman–Crippen MR) is 72.1 cm³/mol. The van der Waals surface area contributed by atoms with Gasteiger partial charge >= 0.3 is 0 Å². The molecular formula is C13H24N4O. The molecule has 102 valence electrons. The van der Waals surface area contributed by atoms with E-state index < -0.39 is 5.41 Å². The lowest BCUT2D eigenvalue weighted by Gasteiger charge is -2.24. The van der Waals surface area contributed by atoms with E-state index in [9.17, 15) is 4.79 Å². The van der Waals surface area contributed by atoms with Crippen molar-refractivity contribution in [1.29, 1.82) is 0 Å². The predicted octanol–water partition coefficient (Wildman–Crippen LogP) is 1.15. The molecule has 0 bridgehead atoms. The van der Waals surface area contributed by atoms with E-state index in [0.717, 1.165) is 12.2 Å². The fraction of sp³-hybridized carbons (Fsp3) is 0.692. The molecule has 0 aliphatic heterocycles. The standard InChI is InChI=1S/C13H24N4O/c1-10(2)16-7-11-6-15-9-17(11)8-13(3,4)12(18)14-5/h6,9-10,16H,7-8H2,1-5H3,(H,14,18). The lowest BCUT2D eigenvalue weighted by atomic mass is 9.92. The molecule has 0 atom stereocenters. The molecule has 1 heterocycles. The van der Waals surface area contributed by atoms with E-state index in [4.69, 9.17) is 0 Å². The first-order chi connectivity index (χ1) is 8.36. The number of carbonyl (C=O) groups excluding carboxylic acids is 1. The van der Waals surface area contributed by atoms with Gasteiger partial charge in [-0.3, -0.25) is 4.79 Å². The fourth-order valence-corrected chi connectivity index (χ4v) is 1.78. The van der Waals surface area contributed by atoms with Crippen LogP contribution in [0.5, 0.6) is 0 Å². The minimum absolute atomic E-state index is 0.0407. The third-order valence-electron chi connectivity index (χ3n) is 2.90. The van der Waals surface area contributed by atoms with Crippen molar-refractivity contribution >= 4 is 5.91 Å². The highest BCUT2D eigenvalue weighted by atomic mass is 16.2. The molecule has 0 saturated heterocycles. The van der Waals surface area contributed by atoms with Gasteiger partial charge in [-0.05, 0) is 13.8 Å². The van der Waals surface area contributed by atoms with Crippen molar-refractivity contribution in [2.24, 2.45) is 5.41 Å². The monoisotopic (exact) mass is 252 g/mol. The topological polar surface area (TPSA) is 59.0 Å². The second-order valence-electron chi connectivity index (χ2n) is 5.51. The molecule has 0 aromatic carbocycles. The molecule has 0 fully saturated rings. The normalized spacial score (nSPS) is 11.9. The number of hydrogen-bond donors (Lipinski definition) is 2. The quantitative estimate of drug-likeness (QED) is 0.798. The van der Waals surface area contributed by atoms with Crippen molar-refractivity contribution < 1.29 is 4.79 Å². The van der Waals surface area contributed by atoms with Crippen molar-refractivity contribution in [3.63, 3.8) is 0 Å². The van der Waals surface area contributed by atoms with Gasteiger partial charge in [0.1, 0.15) is 0 Å². The van der Waals surface area contributed by atoms with E-state index in [2.05, 4.69) is 29.5 Å². The molecule has 2 N–H and O–H groups in total. The Kier molecular flexibility index (Phi) is 4.90. The van der Waals surface area contributed by atoms with Crippen LogP contribution >= 0.6 is 0 Å². The summed E-state index contributed by atoms with van der Waals surface area (Å²) in [5, 5.41) is 6.05. The van der Waals surface area contributed by atoms with Crippen LogP contribution in [-0.4, -0.2) is 28.5 Å². The summed E-state index contributed by atoms with van der Waals surface area (Å²) in [5.74, 6) is 0.0407. The van der Waals surface area contributed by atoms with Crippen LogP contribution in [0, 0.1) is 5.41 Å². The van der Waals surface area contributed by atoms with Crippen molar-refractivity contribution in [1.82, 2.24) is 20.2 Å². The highest BCUT2D eigenvalue weighted by Crippen LogP contribution is 2.19. The van der Waals surface area contributed by atoms with Gasteiger partial charge in [0.15, 0.2) is 0 Å². The minimum atomic E-state index is -0.442. The van der Waals surface area contributed by atoms with Gasteiger partial charge in [0.2, 0.25) is 5.91 Å². The Morgan fingerprint density at radius 3 is 2.72 bits per heavy atom. The number of imidazole rings is 1. The summed E-state index contributed by atoms with van der Waals surface area (Å²) in [7, 11) is 1.67. The Morgan fingerprint density at radius 2 is 2.17 bits per heavy atom. The van der Waals surface area contributed by atoms with E-state index in [1.807, 2.05) is 24.6 Å². The van der Waals surface area contributed by atoms with Crippen molar-refractivity contribution in [2.45, 2.75) is 46.8 Å². The third-order valence-corrected chi connectivity index (χ3v) is 2.90. The second kappa shape index (κ2) is 6.00. The molecule has 0 unspecified atom stereocenters. The zero-order chi connectivity index (χ0) is 13.8. The summed E-state index contributed by atoms with van der Waals surface area (Å²) in [6.45, 7) is 9.48. The average molecular weight is 252 g/mol. The van der Waals surface area contributed by atoms with Gasteiger partial charge in [0.05, 0.1) is 17.4 Å². The number of aromatic nitrogens is 2. The van der Waals surface area contributed by atoms with E-state index in [1.165, 1.54) is 0 Å². The number of hydrogen-bond acceptors (Lipinski definition) is 3. The smallest absolute Gasteiger partial charge is 0.227 e. The zero-order valence-corrected chi connectivity index (χ0v) is 11.9. The minimum Gasteiger partial charge on any atom is -0.359 e. The van der Waals surface area contributed by atoms with Crippen LogP contribution in [0.25, 0.3) is 0 Å². The van der Waals surface area contributed by atoms with Crippen LogP contribution in [0.4, 0.5) is 0 Å². The first kappa shape index (κ1) is 14.7. The largest absolute Gasteiger partial charge is 0.359 e. The zero-order valence-electron chi connectivity index (χ0n) is 11.9. The van der Waals surface area contributed by atoms with Gasteiger partial charge in [-0.15, -0.1) is 0 Å². The summed E-state index contributed by atoms with van der Waals surface area (Å²) in [6, 6.07) is 0.431. The highest BCUT2D eigenvalue weighted by Gasteiger charge is 2.27. The maximum absolute atomic E-state index is 11.8. The Labute approximate surface area is 109 Å². The molecule has 0 aliphatic carbocycles. The number of nitrogens with one attached hydrogen (secondary N) is 2. The van der Waals surface area contributed by atoms with E-state index in [0.29, 0.717) is 12.6 Å². The lowest BCUT2D eigenvalue weighted by molar-refractivity contribution is -0.129. The van der Waals surface area contributed by atoms with Gasteiger partial charge in [0.25, 0.3) is 0 Å². The molecule has 5 nitrogen and oxygen atoms in total. The number of nitrogens with zero attached hydrogens (tertiary/aromatic N) is 2. The van der Waals surface area contributed by atoms with Crippen LogP contribution < -0.4 is 10.6 Å². The van der Waals surface area contributed by atoms with Gasteiger partial charge < -0.3 is 15.2 Å². The fourth-order valence-electron chi connectivity index (χ4n) is 1.78. The Balaban J connectivity index is 2.73. The van der Waals surface area contributed by atoms with Gasteiger partial charge in [0, 0.05) is 32.4 Å². The molecule has 1 aromatic heterocycles. The summed E-state index contributed by atoms with van der Waals surface area (Å²) < 4.78 is 2.03. The molecule has 1 amide bonds. The molecule has 0 spiro atoms. The van der Waals surface area contributed by atoms with Crippen LogP contribution in [-0.2, 0) is 17.9 Å². The number of carbonyl (C=O) groups is 1. The Bertz CT molecular complexity index is 395. The molecule has 0 radical (unpaired) electrons.